The summed E-state index contributed by atoms with van der Waals surface area (Å²) in [4.78, 5) is 8.90. The molecule has 0 atom stereocenters. The molecule has 4 rings (SSSR count). The minimum absolute atomic E-state index is 0.212. The van der Waals surface area contributed by atoms with Gasteiger partial charge in [0.05, 0.1) is 30.0 Å². The molecule has 22 heavy (non-hydrogen) atoms. The maximum atomic E-state index is 10.2. The molecule has 0 aliphatic heterocycles. The van der Waals surface area contributed by atoms with Gasteiger partial charge in [0, 0.05) is 5.56 Å². The minimum Gasteiger partial charge on any atom is -0.507 e. The Labute approximate surface area is 126 Å². The number of aromatic nitrogens is 3. The first-order valence-electron chi connectivity index (χ1n) is 6.88. The molecule has 2 aromatic heterocycles. The number of phenolic OH excluding ortho intramolecular Hbond substituents is 1. The molecule has 5 nitrogen and oxygen atoms in total. The Bertz CT molecular complexity index is 992. The van der Waals surface area contributed by atoms with Crippen LogP contribution in [-0.4, -0.2) is 26.6 Å². The number of fused-ring (bicyclic) bond motifs is 3. The van der Waals surface area contributed by atoms with Gasteiger partial charge in [0.2, 0.25) is 5.65 Å². The zero-order chi connectivity index (χ0) is 15.1. The van der Waals surface area contributed by atoms with E-state index in [1.165, 1.54) is 0 Å². The molecule has 5 heteroatoms. The van der Waals surface area contributed by atoms with E-state index in [1.807, 2.05) is 40.8 Å². The van der Waals surface area contributed by atoms with E-state index in [2.05, 4.69) is 9.97 Å². The second-order valence-electron chi connectivity index (χ2n) is 4.93. The number of methoxy groups -OCH3 is 1. The number of ether oxygens (including phenoxy) is 1. The Balaban J connectivity index is 2.18. The summed E-state index contributed by atoms with van der Waals surface area (Å²) in [6, 6.07) is 15.0. The van der Waals surface area contributed by atoms with Gasteiger partial charge in [-0.1, -0.05) is 24.3 Å². The van der Waals surface area contributed by atoms with Crippen molar-refractivity contribution in [3.05, 3.63) is 54.7 Å². The zero-order valence-corrected chi connectivity index (χ0v) is 11.9. The van der Waals surface area contributed by atoms with E-state index in [9.17, 15) is 5.11 Å². The van der Waals surface area contributed by atoms with Crippen LogP contribution in [0.15, 0.2) is 54.7 Å². The van der Waals surface area contributed by atoms with Crippen molar-refractivity contribution < 1.29 is 9.84 Å². The number of benzene rings is 2. The van der Waals surface area contributed by atoms with Crippen LogP contribution in [0.4, 0.5) is 0 Å². The predicted octanol–water partition coefficient (Wildman–Crippen LogP) is 3.26. The highest BCUT2D eigenvalue weighted by Crippen LogP contribution is 2.33. The number of para-hydroxylation sites is 3. The fraction of sp³-hybridized carbons (Fsp3) is 0.0588. The summed E-state index contributed by atoms with van der Waals surface area (Å²) in [6.45, 7) is 0. The van der Waals surface area contributed by atoms with Crippen molar-refractivity contribution in [3.63, 3.8) is 0 Å². The lowest BCUT2D eigenvalue weighted by Gasteiger charge is -2.09. The van der Waals surface area contributed by atoms with Crippen LogP contribution in [0.1, 0.15) is 0 Å². The molecule has 0 spiro atoms. The molecule has 2 aromatic carbocycles. The number of hydrogen-bond acceptors (Lipinski definition) is 4. The molecule has 4 aromatic rings. The Morgan fingerprint density at radius 1 is 1.05 bits per heavy atom. The summed E-state index contributed by atoms with van der Waals surface area (Å²) in [6.07, 6.45) is 1.72. The summed E-state index contributed by atoms with van der Waals surface area (Å²) in [7, 11) is 1.57. The van der Waals surface area contributed by atoms with Gasteiger partial charge >= 0.3 is 0 Å². The van der Waals surface area contributed by atoms with Gasteiger partial charge < -0.3 is 9.84 Å². The van der Waals surface area contributed by atoms with Crippen LogP contribution in [0.2, 0.25) is 0 Å². The highest BCUT2D eigenvalue weighted by Gasteiger charge is 2.16. The van der Waals surface area contributed by atoms with E-state index in [1.54, 1.807) is 25.4 Å². The second kappa shape index (κ2) is 4.73. The molecule has 0 saturated heterocycles. The van der Waals surface area contributed by atoms with Gasteiger partial charge in [-0.3, -0.25) is 4.40 Å². The summed E-state index contributed by atoms with van der Waals surface area (Å²) in [5.74, 6) is 0.671. The monoisotopic (exact) mass is 291 g/mol. The summed E-state index contributed by atoms with van der Waals surface area (Å²) in [5.41, 5.74) is 3.86. The van der Waals surface area contributed by atoms with Crippen LogP contribution < -0.4 is 4.74 Å². The number of phenols is 1. The Hall–Kier alpha value is -3.08. The molecule has 0 saturated carbocycles. The molecule has 1 N–H and O–H groups in total. The highest BCUT2D eigenvalue weighted by atomic mass is 16.5. The van der Waals surface area contributed by atoms with Crippen molar-refractivity contribution in [2.24, 2.45) is 0 Å². The summed E-state index contributed by atoms with van der Waals surface area (Å²) >= 11 is 0. The Morgan fingerprint density at radius 3 is 2.64 bits per heavy atom. The highest BCUT2D eigenvalue weighted by molar-refractivity contribution is 5.84. The fourth-order valence-corrected chi connectivity index (χ4v) is 2.67. The van der Waals surface area contributed by atoms with E-state index in [-0.39, 0.29) is 5.75 Å². The number of nitrogens with zero attached hydrogens (tertiary/aromatic N) is 3. The first-order chi connectivity index (χ1) is 10.8. The topological polar surface area (TPSA) is 59.7 Å². The van der Waals surface area contributed by atoms with Crippen LogP contribution in [0.25, 0.3) is 27.9 Å². The number of aromatic hydroxyl groups is 1. The smallest absolute Gasteiger partial charge is 0.258 e. The van der Waals surface area contributed by atoms with Crippen LogP contribution in [-0.2, 0) is 0 Å². The van der Waals surface area contributed by atoms with Gasteiger partial charge in [-0.05, 0) is 24.3 Å². The molecule has 0 fully saturated rings. The van der Waals surface area contributed by atoms with Gasteiger partial charge in [0.1, 0.15) is 5.75 Å². The van der Waals surface area contributed by atoms with Gasteiger partial charge in [0.15, 0.2) is 0 Å². The second-order valence-corrected chi connectivity index (χ2v) is 4.93. The SMILES string of the molecule is COc1nc2ccccc2n2c(-c3ccccc3O)cnc12. The quantitative estimate of drug-likeness (QED) is 0.616. The first-order valence-corrected chi connectivity index (χ1v) is 6.88. The van der Waals surface area contributed by atoms with Crippen molar-refractivity contribution in [3.8, 4) is 22.9 Å². The van der Waals surface area contributed by atoms with E-state index in [0.717, 1.165) is 16.7 Å². The van der Waals surface area contributed by atoms with Gasteiger partial charge in [0.25, 0.3) is 5.88 Å². The molecule has 0 bridgehead atoms. The van der Waals surface area contributed by atoms with E-state index < -0.39 is 0 Å². The number of imidazole rings is 1. The van der Waals surface area contributed by atoms with Crippen molar-refractivity contribution in [1.29, 1.82) is 0 Å². The van der Waals surface area contributed by atoms with Crippen LogP contribution in [0.5, 0.6) is 11.6 Å². The lowest BCUT2D eigenvalue weighted by Crippen LogP contribution is -1.98. The molecule has 0 aliphatic rings. The third kappa shape index (κ3) is 1.72. The maximum absolute atomic E-state index is 10.2. The normalized spacial score (nSPS) is 11.1. The molecule has 0 unspecified atom stereocenters. The van der Waals surface area contributed by atoms with Gasteiger partial charge in [-0.25, -0.2) is 9.97 Å². The molecule has 2 heterocycles. The first kappa shape index (κ1) is 12.6. The van der Waals surface area contributed by atoms with E-state index in [0.29, 0.717) is 17.1 Å². The molecule has 0 aliphatic carbocycles. The largest absolute Gasteiger partial charge is 0.507 e. The van der Waals surface area contributed by atoms with E-state index in [4.69, 9.17) is 4.74 Å². The van der Waals surface area contributed by atoms with E-state index >= 15 is 0 Å². The van der Waals surface area contributed by atoms with Crippen molar-refractivity contribution in [2.75, 3.05) is 7.11 Å². The van der Waals surface area contributed by atoms with Crippen molar-refractivity contribution >= 4 is 16.7 Å². The third-order valence-electron chi connectivity index (χ3n) is 3.67. The van der Waals surface area contributed by atoms with Gasteiger partial charge in [-0.15, -0.1) is 0 Å². The van der Waals surface area contributed by atoms with Crippen LogP contribution in [0.3, 0.4) is 0 Å². The van der Waals surface area contributed by atoms with Crippen molar-refractivity contribution in [2.45, 2.75) is 0 Å². The lowest BCUT2D eigenvalue weighted by molar-refractivity contribution is 0.402. The fourth-order valence-electron chi connectivity index (χ4n) is 2.67. The average molecular weight is 291 g/mol. The maximum Gasteiger partial charge on any atom is 0.258 e. The van der Waals surface area contributed by atoms with Gasteiger partial charge in [-0.2, -0.15) is 0 Å². The number of rotatable bonds is 2. The zero-order valence-electron chi connectivity index (χ0n) is 11.9. The van der Waals surface area contributed by atoms with Crippen LogP contribution >= 0.6 is 0 Å². The summed E-state index contributed by atoms with van der Waals surface area (Å²) < 4.78 is 7.31. The number of hydrogen-bond donors (Lipinski definition) is 1. The summed E-state index contributed by atoms with van der Waals surface area (Å²) in [5, 5.41) is 10.2. The molecule has 0 radical (unpaired) electrons. The lowest BCUT2D eigenvalue weighted by atomic mass is 10.1. The van der Waals surface area contributed by atoms with Crippen LogP contribution in [0, 0.1) is 0 Å². The molecular formula is C17H13N3O2. The van der Waals surface area contributed by atoms with Crippen molar-refractivity contribution in [1.82, 2.24) is 14.4 Å². The average Bonchev–Trinajstić information content (AvgIpc) is 2.99. The standard InChI is InChI=1S/C17H13N3O2/c1-22-17-16-18-10-14(11-6-2-5-9-15(11)21)20(16)13-8-4-3-7-12(13)19-17/h2-10,21H,1H3. The molecular weight excluding hydrogens is 278 g/mol. The molecule has 108 valence electrons. The Kier molecular flexibility index (Phi) is 2.72. The third-order valence-corrected chi connectivity index (χ3v) is 3.67. The predicted molar refractivity (Wildman–Crippen MR) is 84.1 cm³/mol. The Morgan fingerprint density at radius 2 is 1.82 bits per heavy atom. The minimum atomic E-state index is 0.212. The molecule has 0 amide bonds.